The van der Waals surface area contributed by atoms with Crippen molar-refractivity contribution in [3.05, 3.63) is 74.9 Å². The summed E-state index contributed by atoms with van der Waals surface area (Å²) in [5.41, 5.74) is 0.420. The largest absolute Gasteiger partial charge is 0.871 e. The molecular weight excluding hydrogens is 370 g/mol. The van der Waals surface area contributed by atoms with Crippen molar-refractivity contribution < 1.29 is 14.8 Å². The predicted octanol–water partition coefficient (Wildman–Crippen LogP) is 3.49. The van der Waals surface area contributed by atoms with Crippen LogP contribution in [0.3, 0.4) is 0 Å². The molecule has 8 heteroatoms. The van der Waals surface area contributed by atoms with Crippen LogP contribution < -0.4 is 10.4 Å². The van der Waals surface area contributed by atoms with E-state index in [2.05, 4.69) is 10.3 Å². The third-order valence-electron chi connectivity index (χ3n) is 4.19. The summed E-state index contributed by atoms with van der Waals surface area (Å²) < 4.78 is 0. The van der Waals surface area contributed by atoms with E-state index in [1.165, 1.54) is 24.4 Å². The zero-order valence-corrected chi connectivity index (χ0v) is 15.1. The molecule has 1 heterocycles. The summed E-state index contributed by atoms with van der Waals surface area (Å²) in [6.45, 7) is 1.68. The molecule has 1 amide bonds. The Morgan fingerprint density at radius 3 is 2.63 bits per heavy atom. The summed E-state index contributed by atoms with van der Waals surface area (Å²) in [6.07, 6.45) is 1.60. The molecule has 138 valence electrons. The highest BCUT2D eigenvalue weighted by Gasteiger charge is 2.23. The fourth-order valence-electron chi connectivity index (χ4n) is 2.84. The van der Waals surface area contributed by atoms with Crippen molar-refractivity contribution in [3.63, 3.8) is 0 Å². The molecule has 2 aromatic carbocycles. The molecule has 1 atom stereocenters. The maximum atomic E-state index is 13.0. The van der Waals surface area contributed by atoms with Crippen LogP contribution in [-0.4, -0.2) is 15.8 Å². The van der Waals surface area contributed by atoms with Gasteiger partial charge in [-0.05, 0) is 35.4 Å². The van der Waals surface area contributed by atoms with E-state index in [4.69, 9.17) is 11.6 Å². The number of nitro benzene ring substituents is 1. The molecule has 0 saturated heterocycles. The summed E-state index contributed by atoms with van der Waals surface area (Å²) in [4.78, 5) is 27.0. The van der Waals surface area contributed by atoms with Crippen LogP contribution in [0.25, 0.3) is 10.9 Å². The predicted molar refractivity (Wildman–Crippen MR) is 99.6 cm³/mol. The molecule has 0 aliphatic rings. The number of non-ortho nitro benzene ring substituents is 1. The second-order valence-corrected chi connectivity index (χ2v) is 6.31. The fraction of sp³-hybridized carbons (Fsp3) is 0.158. The van der Waals surface area contributed by atoms with Gasteiger partial charge in [-0.3, -0.25) is 19.9 Å². The molecule has 0 radical (unpaired) electrons. The second-order valence-electron chi connectivity index (χ2n) is 5.88. The number of nitro groups is 1. The summed E-state index contributed by atoms with van der Waals surface area (Å²) in [5, 5.41) is 27.9. The topological polar surface area (TPSA) is 108 Å². The standard InChI is InChI=1S/C19H16ClN3O4/c1-2-16(24)22-17(11-5-7-12(20)8-6-11)14-10-15(23(26)27)13-4-3-9-21-18(13)19(14)25/h3-10,17,25H,2H2,1H3,(H,22,24)/p-1/t17-/m0/s1. The van der Waals surface area contributed by atoms with Crippen LogP contribution in [0, 0.1) is 10.1 Å². The van der Waals surface area contributed by atoms with Gasteiger partial charge in [0.2, 0.25) is 5.91 Å². The molecule has 0 aliphatic heterocycles. The molecule has 0 aliphatic carbocycles. The Morgan fingerprint density at radius 1 is 1.30 bits per heavy atom. The van der Waals surface area contributed by atoms with Crippen LogP contribution >= 0.6 is 11.6 Å². The first-order valence-electron chi connectivity index (χ1n) is 8.20. The van der Waals surface area contributed by atoms with Crippen molar-refractivity contribution in [3.8, 4) is 5.75 Å². The Bertz CT molecular complexity index is 1020. The minimum absolute atomic E-state index is 0.00795. The Kier molecular flexibility index (Phi) is 5.23. The number of nitrogens with zero attached hydrogens (tertiary/aromatic N) is 2. The maximum Gasteiger partial charge on any atom is 0.279 e. The van der Waals surface area contributed by atoms with Gasteiger partial charge in [-0.2, -0.15) is 0 Å². The summed E-state index contributed by atoms with van der Waals surface area (Å²) in [5.74, 6) is -0.759. The number of benzene rings is 2. The van der Waals surface area contributed by atoms with Crippen LogP contribution in [0.1, 0.15) is 30.5 Å². The molecule has 0 spiro atoms. The van der Waals surface area contributed by atoms with E-state index in [0.29, 0.717) is 10.6 Å². The van der Waals surface area contributed by atoms with E-state index >= 15 is 0 Å². The lowest BCUT2D eigenvalue weighted by Crippen LogP contribution is -2.29. The number of aromatic nitrogens is 1. The Morgan fingerprint density at radius 2 is 2.00 bits per heavy atom. The summed E-state index contributed by atoms with van der Waals surface area (Å²) in [7, 11) is 0. The second kappa shape index (κ2) is 7.59. The SMILES string of the molecule is CCC(=O)N[C@@H](c1ccc(Cl)cc1)c1cc([N+](=O)[O-])c2cccnc2c1[O-]. The molecule has 27 heavy (non-hydrogen) atoms. The van der Waals surface area contributed by atoms with E-state index in [1.54, 1.807) is 31.2 Å². The molecule has 0 bridgehead atoms. The summed E-state index contributed by atoms with van der Waals surface area (Å²) >= 11 is 5.92. The monoisotopic (exact) mass is 384 g/mol. The number of rotatable bonds is 5. The number of hydrogen-bond acceptors (Lipinski definition) is 5. The average molecular weight is 385 g/mol. The Labute approximate surface area is 159 Å². The van der Waals surface area contributed by atoms with Crippen LogP contribution in [0.2, 0.25) is 5.02 Å². The van der Waals surface area contributed by atoms with Gasteiger partial charge in [-0.25, -0.2) is 0 Å². The normalized spacial score (nSPS) is 11.9. The van der Waals surface area contributed by atoms with Gasteiger partial charge >= 0.3 is 0 Å². The van der Waals surface area contributed by atoms with Crippen molar-refractivity contribution in [1.29, 1.82) is 0 Å². The van der Waals surface area contributed by atoms with E-state index in [-0.39, 0.29) is 34.5 Å². The molecule has 7 nitrogen and oxygen atoms in total. The number of carbonyl (C=O) groups is 1. The zero-order valence-electron chi connectivity index (χ0n) is 14.3. The third-order valence-corrected chi connectivity index (χ3v) is 4.44. The van der Waals surface area contributed by atoms with Gasteiger partial charge in [0, 0.05) is 23.7 Å². The number of carbonyl (C=O) groups excluding carboxylic acids is 1. The first kappa shape index (κ1) is 18.6. The van der Waals surface area contributed by atoms with Crippen molar-refractivity contribution >= 4 is 34.1 Å². The molecule has 1 aromatic heterocycles. The number of hydrogen-bond donors (Lipinski definition) is 1. The Balaban J connectivity index is 2.26. The van der Waals surface area contributed by atoms with Gasteiger partial charge in [0.15, 0.2) is 0 Å². The lowest BCUT2D eigenvalue weighted by Gasteiger charge is -2.25. The van der Waals surface area contributed by atoms with Gasteiger partial charge in [0.1, 0.15) is 0 Å². The van der Waals surface area contributed by atoms with Crippen LogP contribution in [-0.2, 0) is 4.79 Å². The van der Waals surface area contributed by atoms with Gasteiger partial charge in [-0.1, -0.05) is 36.4 Å². The third kappa shape index (κ3) is 3.68. The number of nitrogens with one attached hydrogen (secondary N) is 1. The molecule has 0 fully saturated rings. The average Bonchev–Trinajstić information content (AvgIpc) is 2.67. The molecule has 0 unspecified atom stereocenters. The molecular formula is C19H15ClN3O4-. The van der Waals surface area contributed by atoms with Gasteiger partial charge in [0.05, 0.1) is 21.9 Å². The van der Waals surface area contributed by atoms with E-state index < -0.39 is 16.7 Å². The van der Waals surface area contributed by atoms with Crippen LogP contribution in [0.5, 0.6) is 5.75 Å². The highest BCUT2D eigenvalue weighted by atomic mass is 35.5. The highest BCUT2D eigenvalue weighted by Crippen LogP contribution is 2.38. The minimum atomic E-state index is -0.854. The van der Waals surface area contributed by atoms with Gasteiger partial charge < -0.3 is 10.4 Å². The van der Waals surface area contributed by atoms with Crippen LogP contribution in [0.15, 0.2) is 48.7 Å². The van der Waals surface area contributed by atoms with Gasteiger partial charge in [-0.15, -0.1) is 0 Å². The van der Waals surface area contributed by atoms with E-state index in [1.807, 2.05) is 0 Å². The summed E-state index contributed by atoms with van der Waals surface area (Å²) in [6, 6.07) is 9.94. The molecule has 1 N–H and O–H groups in total. The first-order chi connectivity index (χ1) is 12.9. The van der Waals surface area contributed by atoms with Crippen molar-refractivity contribution in [2.75, 3.05) is 0 Å². The van der Waals surface area contributed by atoms with E-state index in [9.17, 15) is 20.0 Å². The van der Waals surface area contributed by atoms with Crippen LogP contribution in [0.4, 0.5) is 5.69 Å². The molecule has 3 rings (SSSR count). The molecule has 0 saturated carbocycles. The van der Waals surface area contributed by atoms with Crippen molar-refractivity contribution in [2.24, 2.45) is 0 Å². The maximum absolute atomic E-state index is 13.0. The zero-order chi connectivity index (χ0) is 19.6. The minimum Gasteiger partial charge on any atom is -0.871 e. The lowest BCUT2D eigenvalue weighted by atomic mass is 9.95. The molecule has 3 aromatic rings. The first-order valence-corrected chi connectivity index (χ1v) is 8.58. The van der Waals surface area contributed by atoms with Crippen molar-refractivity contribution in [1.82, 2.24) is 10.3 Å². The highest BCUT2D eigenvalue weighted by molar-refractivity contribution is 6.30. The van der Waals surface area contributed by atoms with Gasteiger partial charge in [0.25, 0.3) is 5.69 Å². The number of pyridine rings is 1. The van der Waals surface area contributed by atoms with E-state index in [0.717, 1.165) is 0 Å². The lowest BCUT2D eigenvalue weighted by molar-refractivity contribution is -0.383. The number of halogens is 1. The number of fused-ring (bicyclic) bond motifs is 1. The smallest absolute Gasteiger partial charge is 0.279 e. The fourth-order valence-corrected chi connectivity index (χ4v) is 2.97. The Hall–Kier alpha value is -3.19. The number of amides is 1. The van der Waals surface area contributed by atoms with Crippen molar-refractivity contribution in [2.45, 2.75) is 19.4 Å². The quantitative estimate of drug-likeness (QED) is 0.535.